The lowest BCUT2D eigenvalue weighted by Crippen LogP contribution is -2.34. The molecule has 1 aliphatic carbocycles. The normalized spacial score (nSPS) is 20.8. The van der Waals surface area contributed by atoms with Crippen molar-refractivity contribution in [1.82, 2.24) is 5.32 Å². The van der Waals surface area contributed by atoms with E-state index < -0.39 is 0 Å². The topological polar surface area (TPSA) is 38.3 Å². The molecule has 0 amide bonds. The first-order valence-corrected chi connectivity index (χ1v) is 4.62. The predicted molar refractivity (Wildman–Crippen MR) is 46.9 cm³/mol. The van der Waals surface area contributed by atoms with Crippen LogP contribution in [-0.2, 0) is 9.53 Å². The summed E-state index contributed by atoms with van der Waals surface area (Å²) in [5.74, 6) is -0.121. The van der Waals surface area contributed by atoms with Gasteiger partial charge < -0.3 is 10.1 Å². The Morgan fingerprint density at radius 2 is 2.08 bits per heavy atom. The molecule has 70 valence electrons. The Morgan fingerprint density at radius 3 is 2.58 bits per heavy atom. The van der Waals surface area contributed by atoms with Crippen LogP contribution in [0.25, 0.3) is 0 Å². The fraction of sp³-hybridized carbons (Fsp3) is 0.889. The van der Waals surface area contributed by atoms with Crippen LogP contribution < -0.4 is 5.32 Å². The number of carbonyl (C=O) groups excluding carboxylic acids is 1. The smallest absolute Gasteiger partial charge is 0.323 e. The van der Waals surface area contributed by atoms with Crippen molar-refractivity contribution in [2.75, 3.05) is 7.05 Å². The average Bonchev–Trinajstić information content (AvgIpc) is 2.55. The molecule has 1 fully saturated rings. The molecule has 0 aromatic carbocycles. The molecular weight excluding hydrogens is 154 g/mol. The molecule has 3 nitrogen and oxygen atoms in total. The number of esters is 1. The summed E-state index contributed by atoms with van der Waals surface area (Å²) in [7, 11) is 1.76. The Labute approximate surface area is 73.5 Å². The summed E-state index contributed by atoms with van der Waals surface area (Å²) in [6.45, 7) is 1.82. The molecule has 1 atom stereocenters. The number of hydrogen-bond acceptors (Lipinski definition) is 3. The van der Waals surface area contributed by atoms with Gasteiger partial charge in [-0.15, -0.1) is 0 Å². The molecule has 0 aliphatic heterocycles. The molecule has 0 unspecified atom stereocenters. The molecule has 1 rings (SSSR count). The molecule has 0 aromatic rings. The maximum Gasteiger partial charge on any atom is 0.323 e. The summed E-state index contributed by atoms with van der Waals surface area (Å²) in [6, 6.07) is -0.175. The first kappa shape index (κ1) is 9.52. The van der Waals surface area contributed by atoms with Crippen molar-refractivity contribution in [2.24, 2.45) is 0 Å². The second-order valence-corrected chi connectivity index (χ2v) is 3.35. The number of ether oxygens (including phenoxy) is 1. The third kappa shape index (κ3) is 2.48. The average molecular weight is 171 g/mol. The minimum Gasteiger partial charge on any atom is -0.461 e. The predicted octanol–water partition coefficient (Wildman–Crippen LogP) is 1.08. The van der Waals surface area contributed by atoms with E-state index in [2.05, 4.69) is 5.32 Å². The number of rotatable bonds is 3. The van der Waals surface area contributed by atoms with Crippen LogP contribution in [-0.4, -0.2) is 25.2 Å². The fourth-order valence-electron chi connectivity index (χ4n) is 1.39. The molecule has 0 saturated heterocycles. The molecule has 1 aliphatic rings. The summed E-state index contributed by atoms with van der Waals surface area (Å²) in [5, 5.41) is 2.86. The first-order chi connectivity index (χ1) is 5.74. The highest BCUT2D eigenvalue weighted by atomic mass is 16.5. The fourth-order valence-corrected chi connectivity index (χ4v) is 1.39. The van der Waals surface area contributed by atoms with Crippen LogP contribution in [0.5, 0.6) is 0 Å². The second kappa shape index (κ2) is 4.45. The van der Waals surface area contributed by atoms with Gasteiger partial charge in [-0.25, -0.2) is 0 Å². The highest BCUT2D eigenvalue weighted by Gasteiger charge is 2.21. The molecule has 12 heavy (non-hydrogen) atoms. The number of nitrogens with one attached hydrogen (secondary N) is 1. The van der Waals surface area contributed by atoms with Crippen LogP contribution in [0.15, 0.2) is 0 Å². The summed E-state index contributed by atoms with van der Waals surface area (Å²) in [5.41, 5.74) is 0. The Hall–Kier alpha value is -0.570. The molecule has 0 aromatic heterocycles. The standard InChI is InChI=1S/C9H17NO2/c1-7(10-2)9(11)12-8-5-3-4-6-8/h7-8,10H,3-6H2,1-2H3/t7-/m0/s1. The Morgan fingerprint density at radius 1 is 1.50 bits per heavy atom. The highest BCUT2D eigenvalue weighted by Crippen LogP contribution is 2.21. The van der Waals surface area contributed by atoms with Crippen LogP contribution in [0.4, 0.5) is 0 Å². The molecule has 1 N–H and O–H groups in total. The van der Waals surface area contributed by atoms with Crippen molar-refractivity contribution in [3.63, 3.8) is 0 Å². The number of hydrogen-bond donors (Lipinski definition) is 1. The van der Waals surface area contributed by atoms with E-state index in [1.165, 1.54) is 12.8 Å². The molecule has 3 heteroatoms. The minimum atomic E-state index is -0.175. The van der Waals surface area contributed by atoms with Gasteiger partial charge in [0.25, 0.3) is 0 Å². The zero-order valence-electron chi connectivity index (χ0n) is 7.80. The maximum atomic E-state index is 11.2. The summed E-state index contributed by atoms with van der Waals surface area (Å²) in [6.07, 6.45) is 4.68. The van der Waals surface area contributed by atoms with Crippen molar-refractivity contribution in [2.45, 2.75) is 44.8 Å². The largest absolute Gasteiger partial charge is 0.461 e. The van der Waals surface area contributed by atoms with Gasteiger partial charge in [0, 0.05) is 0 Å². The van der Waals surface area contributed by atoms with Gasteiger partial charge in [0.1, 0.15) is 12.1 Å². The van der Waals surface area contributed by atoms with Crippen LogP contribution >= 0.6 is 0 Å². The monoisotopic (exact) mass is 171 g/mol. The first-order valence-electron chi connectivity index (χ1n) is 4.62. The second-order valence-electron chi connectivity index (χ2n) is 3.35. The van der Waals surface area contributed by atoms with Crippen molar-refractivity contribution < 1.29 is 9.53 Å². The lowest BCUT2D eigenvalue weighted by atomic mass is 10.3. The van der Waals surface area contributed by atoms with E-state index >= 15 is 0 Å². The molecular formula is C9H17NO2. The van der Waals surface area contributed by atoms with Gasteiger partial charge in [-0.1, -0.05) is 0 Å². The van der Waals surface area contributed by atoms with Crippen LogP contribution in [0.2, 0.25) is 0 Å². The Balaban J connectivity index is 2.25. The molecule has 1 saturated carbocycles. The van der Waals surface area contributed by atoms with Crippen LogP contribution in [0.3, 0.4) is 0 Å². The van der Waals surface area contributed by atoms with E-state index in [0.29, 0.717) is 0 Å². The van der Waals surface area contributed by atoms with Crippen LogP contribution in [0.1, 0.15) is 32.6 Å². The van der Waals surface area contributed by atoms with E-state index in [0.717, 1.165) is 12.8 Å². The SMILES string of the molecule is CN[C@@H](C)C(=O)OC1CCCC1. The number of carbonyl (C=O) groups is 1. The van der Waals surface area contributed by atoms with E-state index in [9.17, 15) is 4.79 Å². The lowest BCUT2D eigenvalue weighted by Gasteiger charge is -2.14. The maximum absolute atomic E-state index is 11.2. The van der Waals surface area contributed by atoms with Gasteiger partial charge in [-0.05, 0) is 39.7 Å². The zero-order chi connectivity index (χ0) is 8.97. The Kier molecular flexibility index (Phi) is 3.53. The van der Waals surface area contributed by atoms with Crippen molar-refractivity contribution in [1.29, 1.82) is 0 Å². The van der Waals surface area contributed by atoms with Gasteiger partial charge >= 0.3 is 5.97 Å². The summed E-state index contributed by atoms with van der Waals surface area (Å²) >= 11 is 0. The Bertz CT molecular complexity index is 153. The van der Waals surface area contributed by atoms with Crippen molar-refractivity contribution in [3.05, 3.63) is 0 Å². The molecule has 0 heterocycles. The van der Waals surface area contributed by atoms with Gasteiger partial charge in [0.2, 0.25) is 0 Å². The van der Waals surface area contributed by atoms with E-state index in [4.69, 9.17) is 4.74 Å². The van der Waals surface area contributed by atoms with Crippen molar-refractivity contribution >= 4 is 5.97 Å². The zero-order valence-corrected chi connectivity index (χ0v) is 7.80. The van der Waals surface area contributed by atoms with Gasteiger partial charge in [0.15, 0.2) is 0 Å². The molecule has 0 radical (unpaired) electrons. The quantitative estimate of drug-likeness (QED) is 0.646. The minimum absolute atomic E-state index is 0.121. The number of likely N-dealkylation sites (N-methyl/N-ethyl adjacent to an activating group) is 1. The summed E-state index contributed by atoms with van der Waals surface area (Å²) in [4.78, 5) is 11.2. The van der Waals surface area contributed by atoms with Gasteiger partial charge in [-0.3, -0.25) is 4.79 Å². The van der Waals surface area contributed by atoms with Gasteiger partial charge in [0.05, 0.1) is 0 Å². The molecule has 0 bridgehead atoms. The van der Waals surface area contributed by atoms with E-state index in [1.54, 1.807) is 7.05 Å². The third-order valence-electron chi connectivity index (χ3n) is 2.37. The van der Waals surface area contributed by atoms with Gasteiger partial charge in [-0.2, -0.15) is 0 Å². The molecule has 0 spiro atoms. The third-order valence-corrected chi connectivity index (χ3v) is 2.37. The summed E-state index contributed by atoms with van der Waals surface area (Å²) < 4.78 is 5.26. The van der Waals surface area contributed by atoms with E-state index in [1.807, 2.05) is 6.92 Å². The lowest BCUT2D eigenvalue weighted by molar-refractivity contribution is -0.150. The van der Waals surface area contributed by atoms with Crippen molar-refractivity contribution in [3.8, 4) is 0 Å². The van der Waals surface area contributed by atoms with Crippen LogP contribution in [0, 0.1) is 0 Å². The highest BCUT2D eigenvalue weighted by molar-refractivity contribution is 5.75. The van der Waals surface area contributed by atoms with E-state index in [-0.39, 0.29) is 18.1 Å².